The lowest BCUT2D eigenvalue weighted by Gasteiger charge is -2.27. The van der Waals surface area contributed by atoms with Gasteiger partial charge in [-0.25, -0.2) is 13.2 Å². The van der Waals surface area contributed by atoms with Gasteiger partial charge < -0.3 is 14.0 Å². The molecule has 30 heavy (non-hydrogen) atoms. The molecule has 0 aliphatic heterocycles. The van der Waals surface area contributed by atoms with Crippen molar-refractivity contribution in [2.75, 3.05) is 6.61 Å². The number of esters is 2. The van der Waals surface area contributed by atoms with Gasteiger partial charge in [0.25, 0.3) is 0 Å². The molecule has 4 unspecified atom stereocenters. The molecule has 0 radical (unpaired) electrons. The molecule has 1 aromatic carbocycles. The van der Waals surface area contributed by atoms with Crippen LogP contribution in [-0.2, 0) is 24.4 Å². The van der Waals surface area contributed by atoms with Crippen LogP contribution in [-0.4, -0.2) is 42.9 Å². The summed E-state index contributed by atoms with van der Waals surface area (Å²) in [5.41, 5.74) is 0.465. The van der Waals surface area contributed by atoms with Gasteiger partial charge in [0.05, 0.1) is 11.5 Å². The van der Waals surface area contributed by atoms with Crippen molar-refractivity contribution in [3.63, 3.8) is 0 Å². The van der Waals surface area contributed by atoms with E-state index in [4.69, 9.17) is 4.74 Å². The Balaban J connectivity index is 1.58. The van der Waals surface area contributed by atoms with E-state index in [1.54, 1.807) is 6.07 Å². The molecule has 0 amide bonds. The van der Waals surface area contributed by atoms with Crippen LogP contribution in [0.4, 0.5) is 8.78 Å². The first-order chi connectivity index (χ1) is 13.8. The second-order valence-electron chi connectivity index (χ2n) is 7.23. The van der Waals surface area contributed by atoms with Gasteiger partial charge in [-0.3, -0.25) is 4.79 Å². The summed E-state index contributed by atoms with van der Waals surface area (Å²) in [5.74, 6) is -2.42. The molecule has 0 aromatic heterocycles. The summed E-state index contributed by atoms with van der Waals surface area (Å²) < 4.78 is 70.6. The first kappa shape index (κ1) is 24.8. The Labute approximate surface area is 212 Å². The molecule has 3 rings (SSSR count). The molecule has 4 atom stereocenters. The number of carbonyl (C=O) groups is 2. The van der Waals surface area contributed by atoms with E-state index in [1.165, 1.54) is 0 Å². The third-order valence-corrected chi connectivity index (χ3v) is 9.83. The highest BCUT2D eigenvalue weighted by Gasteiger charge is 2.51. The molecular weight excluding hydrogens is 767 g/mol. The van der Waals surface area contributed by atoms with Gasteiger partial charge in [-0.05, 0) is 111 Å². The summed E-state index contributed by atoms with van der Waals surface area (Å²) in [6.45, 7) is -1.80. The number of carbonyl (C=O) groups excluding carboxylic acids is 2. The molecule has 13 heteroatoms. The zero-order valence-electron chi connectivity index (χ0n) is 14.9. The van der Waals surface area contributed by atoms with Crippen LogP contribution in [0.5, 0.6) is 0 Å². The number of halogens is 5. The Kier molecular flexibility index (Phi) is 7.56. The second-order valence-corrected chi connectivity index (χ2v) is 12.2. The molecule has 1 aromatic rings. The van der Waals surface area contributed by atoms with Crippen LogP contribution in [0.25, 0.3) is 0 Å². The van der Waals surface area contributed by atoms with Gasteiger partial charge in [0.2, 0.25) is 0 Å². The van der Waals surface area contributed by atoms with E-state index in [0.717, 1.165) is 10.7 Å². The van der Waals surface area contributed by atoms with Crippen molar-refractivity contribution in [1.82, 2.24) is 0 Å². The van der Waals surface area contributed by atoms with Crippen molar-refractivity contribution < 1.29 is 40.8 Å². The summed E-state index contributed by atoms with van der Waals surface area (Å²) in [5, 5.41) is -4.67. The molecule has 166 valence electrons. The molecule has 0 N–H and O–H groups in total. The van der Waals surface area contributed by atoms with Gasteiger partial charge in [0.15, 0.2) is 16.7 Å². The molecule has 2 aliphatic carbocycles. The van der Waals surface area contributed by atoms with Crippen molar-refractivity contribution in [3.05, 3.63) is 28.4 Å². The fourth-order valence-electron chi connectivity index (χ4n) is 3.90. The van der Waals surface area contributed by atoms with Crippen LogP contribution in [0.3, 0.4) is 0 Å². The fourth-order valence-corrected chi connectivity index (χ4v) is 6.48. The van der Waals surface area contributed by atoms with Gasteiger partial charge in [-0.1, -0.05) is 0 Å². The molecular formula is C17H14F2I3O7S-. The Morgan fingerprint density at radius 3 is 2.37 bits per heavy atom. The molecule has 2 aliphatic rings. The van der Waals surface area contributed by atoms with Crippen LogP contribution in [0.15, 0.2) is 12.1 Å². The average molecular weight is 781 g/mol. The highest BCUT2D eigenvalue weighted by Crippen LogP contribution is 2.50. The lowest BCUT2D eigenvalue weighted by Crippen LogP contribution is -2.37. The minimum Gasteiger partial charge on any atom is -0.743 e. The number of benzene rings is 1. The predicted molar refractivity (Wildman–Crippen MR) is 124 cm³/mol. The lowest BCUT2D eigenvalue weighted by atomic mass is 9.87. The summed E-state index contributed by atoms with van der Waals surface area (Å²) in [7, 11) is -5.91. The molecule has 7 nitrogen and oxygen atoms in total. The van der Waals surface area contributed by atoms with Crippen molar-refractivity contribution in [2.45, 2.75) is 30.6 Å². The highest BCUT2D eigenvalue weighted by molar-refractivity contribution is 14.1. The van der Waals surface area contributed by atoms with Gasteiger partial charge >= 0.3 is 17.2 Å². The maximum atomic E-state index is 13.2. The van der Waals surface area contributed by atoms with Crippen LogP contribution < -0.4 is 0 Å². The Hall–Kier alpha value is 0.120. The van der Waals surface area contributed by atoms with E-state index in [-0.39, 0.29) is 24.4 Å². The van der Waals surface area contributed by atoms with Crippen LogP contribution >= 0.6 is 67.8 Å². The standard InChI is InChI=1S/C17H15F2I3O7S/c18-17(19,30(25,26)27)6-28-15(23)10-2-8-1-7(10)3-13(8)29-16(24)11-4-9(20)5-12(21)14(11)22/h4-5,7-8,10,13H,1-3,6H2,(H,25,26,27)/p-1. The first-order valence-electron chi connectivity index (χ1n) is 8.65. The van der Waals surface area contributed by atoms with E-state index in [1.807, 2.05) is 6.07 Å². The van der Waals surface area contributed by atoms with Crippen molar-refractivity contribution in [1.29, 1.82) is 0 Å². The predicted octanol–water partition coefficient (Wildman–Crippen LogP) is 3.75. The molecule has 2 saturated carbocycles. The van der Waals surface area contributed by atoms with E-state index < -0.39 is 39.8 Å². The lowest BCUT2D eigenvalue weighted by molar-refractivity contribution is -0.157. The summed E-state index contributed by atoms with van der Waals surface area (Å²) >= 11 is 6.33. The van der Waals surface area contributed by atoms with Crippen molar-refractivity contribution in [3.8, 4) is 0 Å². The summed E-state index contributed by atoms with van der Waals surface area (Å²) in [6.07, 6.45) is 0.873. The van der Waals surface area contributed by atoms with Crippen molar-refractivity contribution in [2.24, 2.45) is 17.8 Å². The average Bonchev–Trinajstić information content (AvgIpc) is 3.22. The number of rotatable bonds is 6. The largest absolute Gasteiger partial charge is 0.743 e. The number of alkyl halides is 2. The zero-order chi connectivity index (χ0) is 22.4. The first-order valence-corrected chi connectivity index (χ1v) is 13.3. The van der Waals surface area contributed by atoms with Gasteiger partial charge in [-0.15, -0.1) is 0 Å². The molecule has 0 spiro atoms. The third-order valence-electron chi connectivity index (χ3n) is 5.31. The van der Waals surface area contributed by atoms with Crippen LogP contribution in [0.2, 0.25) is 0 Å². The van der Waals surface area contributed by atoms with Crippen LogP contribution in [0, 0.1) is 28.5 Å². The quantitative estimate of drug-likeness (QED) is 0.187. The van der Waals surface area contributed by atoms with Gasteiger partial charge in [0, 0.05) is 10.7 Å². The van der Waals surface area contributed by atoms with Crippen molar-refractivity contribution >= 4 is 89.8 Å². The fraction of sp³-hybridized carbons (Fsp3) is 0.529. The normalized spacial score (nSPS) is 25.9. The van der Waals surface area contributed by atoms with E-state index in [2.05, 4.69) is 72.5 Å². The maximum absolute atomic E-state index is 13.2. The van der Waals surface area contributed by atoms with Gasteiger partial charge in [-0.2, -0.15) is 8.78 Å². The smallest absolute Gasteiger partial charge is 0.367 e. The topological polar surface area (TPSA) is 110 Å². The minimum atomic E-state index is -5.91. The van der Waals surface area contributed by atoms with E-state index in [9.17, 15) is 31.3 Å². The Bertz CT molecular complexity index is 986. The van der Waals surface area contributed by atoms with E-state index in [0.29, 0.717) is 18.4 Å². The number of hydrogen-bond donors (Lipinski definition) is 0. The van der Waals surface area contributed by atoms with Gasteiger partial charge in [0.1, 0.15) is 6.10 Å². The molecule has 0 heterocycles. The Morgan fingerprint density at radius 2 is 1.80 bits per heavy atom. The maximum Gasteiger partial charge on any atom is 0.367 e. The summed E-state index contributed by atoms with van der Waals surface area (Å²) in [6, 6.07) is 3.68. The second kappa shape index (κ2) is 9.17. The molecule has 2 bridgehead atoms. The minimum absolute atomic E-state index is 0.111. The molecule has 2 fully saturated rings. The third kappa shape index (κ3) is 5.19. The number of hydrogen-bond acceptors (Lipinski definition) is 7. The summed E-state index contributed by atoms with van der Waals surface area (Å²) in [4.78, 5) is 24.7. The zero-order valence-corrected chi connectivity index (χ0v) is 22.2. The number of fused-ring (bicyclic) bond motifs is 2. The SMILES string of the molecule is O=C(OC1CC2CC1CC2C(=O)OCC(F)(F)S(=O)(=O)[O-])c1cc(I)cc(I)c1I. The molecule has 0 saturated heterocycles. The highest BCUT2D eigenvalue weighted by atomic mass is 127. The number of ether oxygens (including phenoxy) is 2. The van der Waals surface area contributed by atoms with E-state index >= 15 is 0 Å². The van der Waals surface area contributed by atoms with Crippen LogP contribution in [0.1, 0.15) is 29.6 Å². The monoisotopic (exact) mass is 781 g/mol. The Morgan fingerprint density at radius 1 is 1.13 bits per heavy atom.